The van der Waals surface area contributed by atoms with E-state index in [9.17, 15) is 28.4 Å². The van der Waals surface area contributed by atoms with Gasteiger partial charge >= 0.3 is 11.9 Å². The molecule has 1 aliphatic carbocycles. The van der Waals surface area contributed by atoms with Gasteiger partial charge in [-0.05, 0) is 37.7 Å². The lowest BCUT2D eigenvalue weighted by Gasteiger charge is -2.44. The summed E-state index contributed by atoms with van der Waals surface area (Å²) >= 11 is 0. The molecule has 10 nitrogen and oxygen atoms in total. The van der Waals surface area contributed by atoms with Gasteiger partial charge in [0.05, 0.1) is 16.6 Å². The van der Waals surface area contributed by atoms with Gasteiger partial charge in [0.1, 0.15) is 6.20 Å². The van der Waals surface area contributed by atoms with Crippen molar-refractivity contribution in [1.82, 2.24) is 19.9 Å². The van der Waals surface area contributed by atoms with Crippen LogP contribution in [-0.2, 0) is 12.7 Å². The van der Waals surface area contributed by atoms with Gasteiger partial charge in [-0.2, -0.15) is 18.2 Å². The number of hydrogen-bond donors (Lipinski definition) is 3. The minimum Gasteiger partial charge on any atom is -0.390 e. The summed E-state index contributed by atoms with van der Waals surface area (Å²) in [5.74, 6) is 0.320. The van der Waals surface area contributed by atoms with Gasteiger partial charge in [0, 0.05) is 50.2 Å². The molecule has 3 N–H and O–H groups in total. The Bertz CT molecular complexity index is 1010. The van der Waals surface area contributed by atoms with Crippen LogP contribution in [0.1, 0.15) is 36.8 Å². The molecule has 0 aromatic carbocycles. The maximum atomic E-state index is 13.2. The summed E-state index contributed by atoms with van der Waals surface area (Å²) in [6.45, 7) is 1.70. The minimum atomic E-state index is -4.53. The second-order valence-corrected chi connectivity index (χ2v) is 8.73. The number of pyridine rings is 1. The van der Waals surface area contributed by atoms with Crippen LogP contribution in [0.25, 0.3) is 0 Å². The maximum Gasteiger partial charge on any atom is 0.416 e. The monoisotopic (exact) mass is 481 g/mol. The van der Waals surface area contributed by atoms with E-state index in [2.05, 4.69) is 30.5 Å². The third kappa shape index (κ3) is 5.70. The van der Waals surface area contributed by atoms with E-state index in [1.165, 1.54) is 0 Å². The second kappa shape index (κ2) is 10.1. The zero-order valence-corrected chi connectivity index (χ0v) is 18.3. The van der Waals surface area contributed by atoms with Crippen molar-refractivity contribution >= 4 is 17.5 Å². The number of aliphatic hydroxyl groups excluding tert-OH is 1. The first kappa shape index (κ1) is 24.1. The van der Waals surface area contributed by atoms with Gasteiger partial charge in [-0.25, -0.2) is 4.98 Å². The van der Waals surface area contributed by atoms with Crippen LogP contribution in [0.15, 0.2) is 24.7 Å². The van der Waals surface area contributed by atoms with E-state index in [1.54, 1.807) is 0 Å². The summed E-state index contributed by atoms with van der Waals surface area (Å²) in [6, 6.07) is 1.36. The molecule has 0 unspecified atom stereocenters. The highest BCUT2D eigenvalue weighted by molar-refractivity contribution is 5.57. The van der Waals surface area contributed by atoms with Crippen LogP contribution in [0.2, 0.25) is 0 Å². The van der Waals surface area contributed by atoms with Crippen molar-refractivity contribution in [2.24, 2.45) is 5.92 Å². The molecule has 0 radical (unpaired) electrons. The van der Waals surface area contributed by atoms with E-state index < -0.39 is 16.7 Å². The first-order chi connectivity index (χ1) is 16.2. The molecule has 2 fully saturated rings. The average molecular weight is 481 g/mol. The van der Waals surface area contributed by atoms with Crippen LogP contribution in [0.5, 0.6) is 0 Å². The van der Waals surface area contributed by atoms with Gasteiger partial charge in [-0.3, -0.25) is 20.0 Å². The summed E-state index contributed by atoms with van der Waals surface area (Å²) in [5, 5.41) is 26.6. The largest absolute Gasteiger partial charge is 0.416 e. The third-order valence-corrected chi connectivity index (χ3v) is 6.39. The number of hydrogen-bond acceptors (Lipinski definition) is 9. The van der Waals surface area contributed by atoms with Gasteiger partial charge in [-0.1, -0.05) is 0 Å². The Hall–Kier alpha value is -3.06. The first-order valence-electron chi connectivity index (χ1n) is 11.1. The molecule has 34 heavy (non-hydrogen) atoms. The average Bonchev–Trinajstić information content (AvgIpc) is 2.79. The molecule has 0 spiro atoms. The first-order valence-corrected chi connectivity index (χ1v) is 11.1. The highest BCUT2D eigenvalue weighted by Crippen LogP contribution is 2.33. The molecule has 1 saturated heterocycles. The fourth-order valence-corrected chi connectivity index (χ4v) is 4.48. The Morgan fingerprint density at radius 3 is 2.56 bits per heavy atom. The van der Waals surface area contributed by atoms with E-state index >= 15 is 0 Å². The Labute approximate surface area is 193 Å². The number of aliphatic hydroxyl groups is 1. The smallest absolute Gasteiger partial charge is 0.390 e. The second-order valence-electron chi connectivity index (χ2n) is 8.73. The lowest BCUT2D eigenvalue weighted by molar-refractivity contribution is -0.384. The Balaban J connectivity index is 1.37. The van der Waals surface area contributed by atoms with E-state index in [-0.39, 0.29) is 35.7 Å². The summed E-state index contributed by atoms with van der Waals surface area (Å²) < 4.78 is 39.5. The summed E-state index contributed by atoms with van der Waals surface area (Å²) in [6.07, 6.45) is 2.38. The molecule has 0 atom stereocenters. The Morgan fingerprint density at radius 2 is 1.91 bits per heavy atom. The summed E-state index contributed by atoms with van der Waals surface area (Å²) in [5.41, 5.74) is -1.21. The van der Waals surface area contributed by atoms with E-state index in [1.807, 2.05) is 0 Å². The number of likely N-dealkylation sites (tertiary alicyclic amines) is 1. The van der Waals surface area contributed by atoms with Crippen molar-refractivity contribution in [2.75, 3.05) is 30.3 Å². The molecule has 0 amide bonds. The van der Waals surface area contributed by atoms with Crippen molar-refractivity contribution in [3.05, 3.63) is 45.9 Å². The lowest BCUT2D eigenvalue weighted by Crippen LogP contribution is -2.56. The predicted octanol–water partition coefficient (Wildman–Crippen LogP) is 3.06. The zero-order chi connectivity index (χ0) is 24.3. The van der Waals surface area contributed by atoms with E-state index in [4.69, 9.17) is 0 Å². The molecule has 2 aliphatic rings. The minimum absolute atomic E-state index is 0.0230. The molecule has 4 rings (SSSR count). The third-order valence-electron chi connectivity index (χ3n) is 6.39. The molecule has 2 aromatic rings. The quantitative estimate of drug-likeness (QED) is 0.385. The number of rotatable bonds is 8. The standard InChI is InChI=1S/C21H26F3N7O3/c22-21(23,24)17-5-6-25-8-14(17)9-27-20-28-10-18(31(33)34)19(29-20)26-7-13-1-3-15(4-2-13)30-11-16(32)12-30/h5-6,8,10,13,15-16,32H,1-4,7,9,11-12H2,(H2,26,27,28,29)/t13-,15-. The van der Waals surface area contributed by atoms with Gasteiger partial charge in [-0.15, -0.1) is 0 Å². The molecule has 3 heterocycles. The summed E-state index contributed by atoms with van der Waals surface area (Å²) in [7, 11) is 0. The van der Waals surface area contributed by atoms with Crippen LogP contribution in [-0.4, -0.2) is 61.7 Å². The van der Waals surface area contributed by atoms with Gasteiger partial charge in [0.2, 0.25) is 11.8 Å². The van der Waals surface area contributed by atoms with Crippen LogP contribution >= 0.6 is 0 Å². The van der Waals surface area contributed by atoms with Crippen LogP contribution in [0.3, 0.4) is 0 Å². The van der Waals surface area contributed by atoms with Crippen molar-refractivity contribution < 1.29 is 23.2 Å². The van der Waals surface area contributed by atoms with Crippen LogP contribution < -0.4 is 10.6 Å². The number of anilines is 2. The number of alkyl halides is 3. The molecule has 184 valence electrons. The molecular formula is C21H26F3N7O3. The summed E-state index contributed by atoms with van der Waals surface area (Å²) in [4.78, 5) is 24.9. The highest BCUT2D eigenvalue weighted by atomic mass is 19.4. The van der Waals surface area contributed by atoms with Crippen LogP contribution in [0.4, 0.5) is 30.6 Å². The van der Waals surface area contributed by atoms with Crippen molar-refractivity contribution in [1.29, 1.82) is 0 Å². The van der Waals surface area contributed by atoms with Crippen molar-refractivity contribution in [3.8, 4) is 0 Å². The molecule has 13 heteroatoms. The molecule has 0 bridgehead atoms. The number of nitrogens with zero attached hydrogens (tertiary/aromatic N) is 5. The number of aromatic nitrogens is 3. The van der Waals surface area contributed by atoms with Gasteiger partial charge in [0.25, 0.3) is 0 Å². The number of nitro groups is 1. The van der Waals surface area contributed by atoms with Crippen LogP contribution in [0, 0.1) is 16.0 Å². The van der Waals surface area contributed by atoms with Crippen molar-refractivity contribution in [2.45, 2.75) is 50.6 Å². The highest BCUT2D eigenvalue weighted by Gasteiger charge is 2.34. The fourth-order valence-electron chi connectivity index (χ4n) is 4.48. The number of halogens is 3. The molecule has 2 aromatic heterocycles. The normalized spacial score (nSPS) is 21.6. The SMILES string of the molecule is O=[N+]([O-])c1cnc(NCc2cnccc2C(F)(F)F)nc1NC[C@H]1CC[C@H](N2CC(O)C2)CC1. The van der Waals surface area contributed by atoms with E-state index in [0.717, 1.165) is 63.4 Å². The molecule has 1 saturated carbocycles. The fraction of sp³-hybridized carbons (Fsp3) is 0.571. The predicted molar refractivity (Wildman–Crippen MR) is 117 cm³/mol. The Kier molecular flexibility index (Phi) is 7.12. The lowest BCUT2D eigenvalue weighted by atomic mass is 9.84. The topological polar surface area (TPSA) is 129 Å². The number of nitrogens with one attached hydrogen (secondary N) is 2. The number of β-amino-alcohol motifs (C(OH)–C–C–N with tert-alkyl or cyclic N) is 1. The van der Waals surface area contributed by atoms with Gasteiger partial charge in [0.15, 0.2) is 0 Å². The maximum absolute atomic E-state index is 13.2. The molecule has 1 aliphatic heterocycles. The Morgan fingerprint density at radius 1 is 1.18 bits per heavy atom. The zero-order valence-electron chi connectivity index (χ0n) is 18.3. The van der Waals surface area contributed by atoms with E-state index in [0.29, 0.717) is 18.5 Å². The van der Waals surface area contributed by atoms with Gasteiger partial charge < -0.3 is 15.7 Å². The molecular weight excluding hydrogens is 455 g/mol. The van der Waals surface area contributed by atoms with Crippen molar-refractivity contribution in [3.63, 3.8) is 0 Å².